The van der Waals surface area contributed by atoms with Crippen molar-refractivity contribution in [3.05, 3.63) is 29.8 Å². The molecule has 1 atom stereocenters. The van der Waals surface area contributed by atoms with Crippen molar-refractivity contribution >= 4 is 11.6 Å². The Hall–Kier alpha value is -1.51. The summed E-state index contributed by atoms with van der Waals surface area (Å²) < 4.78 is 0. The van der Waals surface area contributed by atoms with Gasteiger partial charge in [-0.2, -0.15) is 0 Å². The first kappa shape index (κ1) is 11.0. The predicted octanol–water partition coefficient (Wildman–Crippen LogP) is 2.08. The molecule has 86 valence electrons. The normalized spacial score (nSPS) is 21.1. The standard InChI is InChI=1S/C13H18N2O/c1-10-4-2-5-11(8-10)15-12-6-3-7-14-13(16)9-12/h2,4-5,8,12,15H,3,6-7,9H2,1H3,(H,14,16). The summed E-state index contributed by atoms with van der Waals surface area (Å²) in [6, 6.07) is 8.54. The highest BCUT2D eigenvalue weighted by atomic mass is 16.1. The molecule has 0 bridgehead atoms. The van der Waals surface area contributed by atoms with Gasteiger partial charge < -0.3 is 10.6 Å². The van der Waals surface area contributed by atoms with Gasteiger partial charge in [-0.25, -0.2) is 0 Å². The third-order valence-electron chi connectivity index (χ3n) is 2.87. The van der Waals surface area contributed by atoms with E-state index in [-0.39, 0.29) is 11.9 Å². The average molecular weight is 218 g/mol. The number of benzene rings is 1. The Kier molecular flexibility index (Phi) is 3.44. The molecular weight excluding hydrogens is 200 g/mol. The molecule has 0 aromatic heterocycles. The molecule has 1 heterocycles. The van der Waals surface area contributed by atoms with E-state index in [1.807, 2.05) is 6.07 Å². The first-order chi connectivity index (χ1) is 7.74. The maximum atomic E-state index is 11.4. The van der Waals surface area contributed by atoms with Crippen LogP contribution in [0, 0.1) is 6.92 Å². The van der Waals surface area contributed by atoms with E-state index >= 15 is 0 Å². The molecule has 0 spiro atoms. The van der Waals surface area contributed by atoms with Crippen LogP contribution in [0.2, 0.25) is 0 Å². The largest absolute Gasteiger partial charge is 0.382 e. The summed E-state index contributed by atoms with van der Waals surface area (Å²) in [6.07, 6.45) is 2.68. The molecule has 1 aromatic rings. The summed E-state index contributed by atoms with van der Waals surface area (Å²) in [5.74, 6) is 0.155. The van der Waals surface area contributed by atoms with E-state index in [4.69, 9.17) is 0 Å². The van der Waals surface area contributed by atoms with Gasteiger partial charge in [0, 0.05) is 24.7 Å². The minimum atomic E-state index is 0.155. The zero-order valence-corrected chi connectivity index (χ0v) is 9.62. The first-order valence-corrected chi connectivity index (χ1v) is 5.84. The van der Waals surface area contributed by atoms with Crippen molar-refractivity contribution in [3.63, 3.8) is 0 Å². The van der Waals surface area contributed by atoms with Crippen molar-refractivity contribution in [2.45, 2.75) is 32.2 Å². The van der Waals surface area contributed by atoms with Gasteiger partial charge in [0.15, 0.2) is 0 Å². The fraction of sp³-hybridized carbons (Fsp3) is 0.462. The Morgan fingerprint density at radius 2 is 2.31 bits per heavy atom. The Morgan fingerprint density at radius 3 is 3.12 bits per heavy atom. The summed E-state index contributed by atoms with van der Waals surface area (Å²) in [6.45, 7) is 2.88. The topological polar surface area (TPSA) is 41.1 Å². The predicted molar refractivity (Wildman–Crippen MR) is 65.5 cm³/mol. The highest BCUT2D eigenvalue weighted by Gasteiger charge is 2.16. The van der Waals surface area contributed by atoms with Crippen molar-refractivity contribution in [1.82, 2.24) is 5.32 Å². The van der Waals surface area contributed by atoms with Crippen LogP contribution in [0.3, 0.4) is 0 Å². The number of rotatable bonds is 2. The van der Waals surface area contributed by atoms with Crippen molar-refractivity contribution in [3.8, 4) is 0 Å². The second kappa shape index (κ2) is 5.01. The van der Waals surface area contributed by atoms with Crippen LogP contribution in [-0.2, 0) is 4.79 Å². The Balaban J connectivity index is 2.00. The fourth-order valence-corrected chi connectivity index (χ4v) is 2.07. The summed E-state index contributed by atoms with van der Waals surface area (Å²) in [5, 5.41) is 6.32. The molecule has 2 N–H and O–H groups in total. The maximum absolute atomic E-state index is 11.4. The minimum Gasteiger partial charge on any atom is -0.382 e. The third kappa shape index (κ3) is 2.99. The summed E-state index contributed by atoms with van der Waals surface area (Å²) in [4.78, 5) is 11.4. The molecule has 3 nitrogen and oxygen atoms in total. The highest BCUT2D eigenvalue weighted by Crippen LogP contribution is 2.15. The number of anilines is 1. The molecule has 1 aromatic carbocycles. The molecule has 2 rings (SSSR count). The Morgan fingerprint density at radius 1 is 1.44 bits per heavy atom. The van der Waals surface area contributed by atoms with Crippen molar-refractivity contribution in [2.75, 3.05) is 11.9 Å². The van der Waals surface area contributed by atoms with E-state index in [2.05, 4.69) is 35.8 Å². The first-order valence-electron chi connectivity index (χ1n) is 5.84. The van der Waals surface area contributed by atoms with Crippen LogP contribution in [0.4, 0.5) is 5.69 Å². The number of hydrogen-bond acceptors (Lipinski definition) is 2. The molecule has 1 saturated heterocycles. The molecule has 0 aliphatic carbocycles. The lowest BCUT2D eigenvalue weighted by Crippen LogP contribution is -2.26. The molecule has 0 saturated carbocycles. The van der Waals surface area contributed by atoms with Crippen LogP contribution in [0.15, 0.2) is 24.3 Å². The fourth-order valence-electron chi connectivity index (χ4n) is 2.07. The van der Waals surface area contributed by atoms with Crippen molar-refractivity contribution in [1.29, 1.82) is 0 Å². The van der Waals surface area contributed by atoms with E-state index in [1.165, 1.54) is 5.56 Å². The van der Waals surface area contributed by atoms with Gasteiger partial charge in [-0.05, 0) is 37.5 Å². The highest BCUT2D eigenvalue weighted by molar-refractivity contribution is 5.77. The zero-order chi connectivity index (χ0) is 11.4. The number of nitrogens with one attached hydrogen (secondary N) is 2. The van der Waals surface area contributed by atoms with Crippen LogP contribution in [0.25, 0.3) is 0 Å². The van der Waals surface area contributed by atoms with E-state index in [0.717, 1.165) is 25.1 Å². The molecule has 1 fully saturated rings. The Labute approximate surface area is 96.2 Å². The Bertz CT molecular complexity index is 376. The second-order valence-electron chi connectivity index (χ2n) is 4.41. The summed E-state index contributed by atoms with van der Waals surface area (Å²) in [7, 11) is 0. The van der Waals surface area contributed by atoms with E-state index in [1.54, 1.807) is 0 Å². The average Bonchev–Trinajstić information content (AvgIpc) is 2.43. The number of carbonyl (C=O) groups excluding carboxylic acids is 1. The van der Waals surface area contributed by atoms with Gasteiger partial charge >= 0.3 is 0 Å². The van der Waals surface area contributed by atoms with E-state index in [0.29, 0.717) is 6.42 Å². The van der Waals surface area contributed by atoms with Gasteiger partial charge in [-0.3, -0.25) is 4.79 Å². The maximum Gasteiger partial charge on any atom is 0.222 e. The SMILES string of the molecule is Cc1cccc(NC2CCCNC(=O)C2)c1. The van der Waals surface area contributed by atoms with Crippen LogP contribution in [0.1, 0.15) is 24.8 Å². The van der Waals surface area contributed by atoms with Crippen molar-refractivity contribution < 1.29 is 4.79 Å². The van der Waals surface area contributed by atoms with Crippen LogP contribution in [-0.4, -0.2) is 18.5 Å². The lowest BCUT2D eigenvalue weighted by Gasteiger charge is -2.16. The zero-order valence-electron chi connectivity index (χ0n) is 9.62. The van der Waals surface area contributed by atoms with Crippen LogP contribution in [0.5, 0.6) is 0 Å². The number of aryl methyl sites for hydroxylation is 1. The van der Waals surface area contributed by atoms with Gasteiger partial charge in [-0.15, -0.1) is 0 Å². The molecule has 0 radical (unpaired) electrons. The number of amides is 1. The van der Waals surface area contributed by atoms with Gasteiger partial charge in [0.25, 0.3) is 0 Å². The quantitative estimate of drug-likeness (QED) is 0.798. The lowest BCUT2D eigenvalue weighted by atomic mass is 10.1. The minimum absolute atomic E-state index is 0.155. The van der Waals surface area contributed by atoms with Gasteiger partial charge in [0.2, 0.25) is 5.91 Å². The van der Waals surface area contributed by atoms with Crippen molar-refractivity contribution in [2.24, 2.45) is 0 Å². The van der Waals surface area contributed by atoms with Crippen LogP contribution < -0.4 is 10.6 Å². The molecule has 3 heteroatoms. The molecule has 1 amide bonds. The van der Waals surface area contributed by atoms with Crippen LogP contribution >= 0.6 is 0 Å². The molecule has 1 unspecified atom stereocenters. The number of hydrogen-bond donors (Lipinski definition) is 2. The van der Waals surface area contributed by atoms with E-state index < -0.39 is 0 Å². The molecular formula is C13H18N2O. The third-order valence-corrected chi connectivity index (χ3v) is 2.87. The van der Waals surface area contributed by atoms with Gasteiger partial charge in [-0.1, -0.05) is 12.1 Å². The lowest BCUT2D eigenvalue weighted by molar-refractivity contribution is -0.120. The molecule has 1 aliphatic heterocycles. The number of carbonyl (C=O) groups is 1. The van der Waals surface area contributed by atoms with Gasteiger partial charge in [0.1, 0.15) is 0 Å². The second-order valence-corrected chi connectivity index (χ2v) is 4.41. The van der Waals surface area contributed by atoms with Gasteiger partial charge in [0.05, 0.1) is 0 Å². The smallest absolute Gasteiger partial charge is 0.222 e. The summed E-state index contributed by atoms with van der Waals surface area (Å²) >= 11 is 0. The summed E-state index contributed by atoms with van der Waals surface area (Å²) in [5.41, 5.74) is 2.35. The van der Waals surface area contributed by atoms with E-state index in [9.17, 15) is 4.79 Å². The monoisotopic (exact) mass is 218 g/mol. The molecule has 16 heavy (non-hydrogen) atoms. The molecule has 1 aliphatic rings.